The highest BCUT2D eigenvalue weighted by atomic mass is 79.9. The molecule has 0 saturated heterocycles. The third-order valence-corrected chi connectivity index (χ3v) is 3.42. The van der Waals surface area contributed by atoms with Crippen LogP contribution in [0.3, 0.4) is 0 Å². The van der Waals surface area contributed by atoms with Crippen LogP contribution in [0.25, 0.3) is 0 Å². The summed E-state index contributed by atoms with van der Waals surface area (Å²) in [5.74, 6) is 0.299. The molecule has 0 amide bonds. The standard InChI is InChI=1S/C15H16BrNO/c1-10-8-14(18)6-7-15(10)17-11(2)12-4-3-5-13(16)9-12/h3-9,11,17-18H,1-2H3. The van der Waals surface area contributed by atoms with E-state index in [4.69, 9.17) is 0 Å². The van der Waals surface area contributed by atoms with Gasteiger partial charge >= 0.3 is 0 Å². The summed E-state index contributed by atoms with van der Waals surface area (Å²) in [5.41, 5.74) is 3.30. The van der Waals surface area contributed by atoms with Crippen molar-refractivity contribution in [3.63, 3.8) is 0 Å². The molecule has 1 unspecified atom stereocenters. The number of aromatic hydroxyl groups is 1. The van der Waals surface area contributed by atoms with Gasteiger partial charge in [0.15, 0.2) is 0 Å². The second kappa shape index (κ2) is 5.44. The minimum absolute atomic E-state index is 0.214. The van der Waals surface area contributed by atoms with Crippen LogP contribution >= 0.6 is 15.9 Å². The van der Waals surface area contributed by atoms with E-state index in [2.05, 4.69) is 40.3 Å². The normalized spacial score (nSPS) is 12.2. The smallest absolute Gasteiger partial charge is 0.115 e. The lowest BCUT2D eigenvalue weighted by Gasteiger charge is -2.17. The van der Waals surface area contributed by atoms with Gasteiger partial charge in [0, 0.05) is 16.2 Å². The van der Waals surface area contributed by atoms with Crippen molar-refractivity contribution in [1.82, 2.24) is 0 Å². The fourth-order valence-electron chi connectivity index (χ4n) is 1.90. The van der Waals surface area contributed by atoms with Crippen molar-refractivity contribution >= 4 is 21.6 Å². The number of hydrogen-bond donors (Lipinski definition) is 2. The molecular formula is C15H16BrNO. The molecule has 0 radical (unpaired) electrons. The summed E-state index contributed by atoms with van der Waals surface area (Å²) in [7, 11) is 0. The summed E-state index contributed by atoms with van der Waals surface area (Å²) in [6.45, 7) is 4.10. The molecule has 0 aromatic heterocycles. The molecule has 2 nitrogen and oxygen atoms in total. The van der Waals surface area contributed by atoms with Gasteiger partial charge < -0.3 is 10.4 Å². The van der Waals surface area contributed by atoms with E-state index in [1.54, 1.807) is 12.1 Å². The quantitative estimate of drug-likeness (QED) is 0.810. The first-order chi connectivity index (χ1) is 8.56. The molecule has 94 valence electrons. The molecule has 0 spiro atoms. The predicted molar refractivity (Wildman–Crippen MR) is 79.0 cm³/mol. The minimum atomic E-state index is 0.214. The molecule has 0 aliphatic rings. The Hall–Kier alpha value is -1.48. The average molecular weight is 306 g/mol. The zero-order chi connectivity index (χ0) is 13.1. The number of anilines is 1. The molecule has 0 aliphatic heterocycles. The Kier molecular flexibility index (Phi) is 3.92. The van der Waals surface area contributed by atoms with Crippen LogP contribution in [-0.4, -0.2) is 5.11 Å². The summed E-state index contributed by atoms with van der Waals surface area (Å²) in [4.78, 5) is 0. The molecule has 2 rings (SSSR count). The molecule has 2 aromatic carbocycles. The largest absolute Gasteiger partial charge is 0.508 e. The van der Waals surface area contributed by atoms with Gasteiger partial charge in [-0.05, 0) is 55.3 Å². The average Bonchev–Trinajstić information content (AvgIpc) is 2.32. The second-order valence-electron chi connectivity index (χ2n) is 4.42. The maximum Gasteiger partial charge on any atom is 0.115 e. The topological polar surface area (TPSA) is 32.3 Å². The summed E-state index contributed by atoms with van der Waals surface area (Å²) < 4.78 is 1.08. The number of phenols is 1. The van der Waals surface area contributed by atoms with Crippen molar-refractivity contribution in [1.29, 1.82) is 0 Å². The summed E-state index contributed by atoms with van der Waals surface area (Å²) in [5, 5.41) is 12.8. The van der Waals surface area contributed by atoms with Gasteiger partial charge in [-0.25, -0.2) is 0 Å². The van der Waals surface area contributed by atoms with Crippen LogP contribution in [0.2, 0.25) is 0 Å². The van der Waals surface area contributed by atoms with E-state index in [9.17, 15) is 5.11 Å². The van der Waals surface area contributed by atoms with Crippen LogP contribution < -0.4 is 5.32 Å². The molecular weight excluding hydrogens is 290 g/mol. The predicted octanol–water partition coefficient (Wildman–Crippen LogP) is 4.64. The first-order valence-corrected chi connectivity index (χ1v) is 6.67. The second-order valence-corrected chi connectivity index (χ2v) is 5.34. The van der Waals surface area contributed by atoms with Crippen molar-refractivity contribution in [2.24, 2.45) is 0 Å². The van der Waals surface area contributed by atoms with Gasteiger partial charge in [0.1, 0.15) is 5.75 Å². The number of phenolic OH excluding ortho intramolecular Hbond substituents is 1. The molecule has 1 atom stereocenters. The number of benzene rings is 2. The lowest BCUT2D eigenvalue weighted by Crippen LogP contribution is -2.07. The highest BCUT2D eigenvalue weighted by Crippen LogP contribution is 2.26. The SMILES string of the molecule is Cc1cc(O)ccc1NC(C)c1cccc(Br)c1. The zero-order valence-electron chi connectivity index (χ0n) is 10.4. The van der Waals surface area contributed by atoms with Gasteiger partial charge in [-0.2, -0.15) is 0 Å². The lowest BCUT2D eigenvalue weighted by atomic mass is 10.1. The van der Waals surface area contributed by atoms with Crippen LogP contribution in [-0.2, 0) is 0 Å². The Morgan fingerprint density at radius 2 is 1.94 bits per heavy atom. The molecule has 0 aliphatic carbocycles. The van der Waals surface area contributed by atoms with Crippen molar-refractivity contribution < 1.29 is 5.11 Å². The monoisotopic (exact) mass is 305 g/mol. The van der Waals surface area contributed by atoms with Crippen LogP contribution in [0.5, 0.6) is 5.75 Å². The van der Waals surface area contributed by atoms with E-state index in [0.717, 1.165) is 15.7 Å². The van der Waals surface area contributed by atoms with Gasteiger partial charge in [0.2, 0.25) is 0 Å². The third kappa shape index (κ3) is 3.05. The van der Waals surface area contributed by atoms with Crippen LogP contribution in [0.15, 0.2) is 46.9 Å². The zero-order valence-corrected chi connectivity index (χ0v) is 12.0. The van der Waals surface area contributed by atoms with Gasteiger partial charge in [-0.15, -0.1) is 0 Å². The van der Waals surface area contributed by atoms with Crippen LogP contribution in [0.4, 0.5) is 5.69 Å². The Morgan fingerprint density at radius 1 is 1.17 bits per heavy atom. The van der Waals surface area contributed by atoms with E-state index in [1.807, 2.05) is 25.1 Å². The minimum Gasteiger partial charge on any atom is -0.508 e. The van der Waals surface area contributed by atoms with Crippen molar-refractivity contribution in [2.45, 2.75) is 19.9 Å². The van der Waals surface area contributed by atoms with Crippen molar-refractivity contribution in [2.75, 3.05) is 5.32 Å². The van der Waals surface area contributed by atoms with Crippen molar-refractivity contribution in [3.8, 4) is 5.75 Å². The van der Waals surface area contributed by atoms with E-state index < -0.39 is 0 Å². The summed E-state index contributed by atoms with van der Waals surface area (Å²) in [6, 6.07) is 13.8. The Morgan fingerprint density at radius 3 is 2.61 bits per heavy atom. The van der Waals surface area contributed by atoms with Crippen LogP contribution in [0.1, 0.15) is 24.1 Å². The molecule has 0 heterocycles. The molecule has 3 heteroatoms. The number of nitrogens with one attached hydrogen (secondary N) is 1. The highest BCUT2D eigenvalue weighted by Gasteiger charge is 2.07. The first-order valence-electron chi connectivity index (χ1n) is 5.88. The maximum atomic E-state index is 9.39. The molecule has 0 bridgehead atoms. The molecule has 18 heavy (non-hydrogen) atoms. The van der Waals surface area contributed by atoms with Crippen molar-refractivity contribution in [3.05, 3.63) is 58.1 Å². The summed E-state index contributed by atoms with van der Waals surface area (Å²) in [6.07, 6.45) is 0. The van der Waals surface area contributed by atoms with E-state index in [-0.39, 0.29) is 6.04 Å². The Labute approximate surface area is 116 Å². The fourth-order valence-corrected chi connectivity index (χ4v) is 2.32. The Bertz CT molecular complexity index is 554. The van der Waals surface area contributed by atoms with Gasteiger partial charge in [0.05, 0.1) is 0 Å². The molecule has 0 fully saturated rings. The van der Waals surface area contributed by atoms with Gasteiger partial charge in [0.25, 0.3) is 0 Å². The summed E-state index contributed by atoms with van der Waals surface area (Å²) >= 11 is 3.48. The molecule has 0 saturated carbocycles. The fraction of sp³-hybridized carbons (Fsp3) is 0.200. The molecule has 2 aromatic rings. The Balaban J connectivity index is 2.18. The lowest BCUT2D eigenvalue weighted by molar-refractivity contribution is 0.475. The van der Waals surface area contributed by atoms with E-state index in [1.165, 1.54) is 5.56 Å². The van der Waals surface area contributed by atoms with E-state index >= 15 is 0 Å². The van der Waals surface area contributed by atoms with Gasteiger partial charge in [-0.3, -0.25) is 0 Å². The van der Waals surface area contributed by atoms with E-state index in [0.29, 0.717) is 5.75 Å². The number of rotatable bonds is 3. The molecule has 2 N–H and O–H groups in total. The van der Waals surface area contributed by atoms with Gasteiger partial charge in [-0.1, -0.05) is 28.1 Å². The number of aryl methyl sites for hydroxylation is 1. The maximum absolute atomic E-state index is 9.39. The van der Waals surface area contributed by atoms with Crippen LogP contribution in [0, 0.1) is 6.92 Å². The third-order valence-electron chi connectivity index (χ3n) is 2.93. The highest BCUT2D eigenvalue weighted by molar-refractivity contribution is 9.10. The number of hydrogen-bond acceptors (Lipinski definition) is 2. The first kappa shape index (κ1) is 13.0. The number of halogens is 1.